The third kappa shape index (κ3) is 2.89. The van der Waals surface area contributed by atoms with Crippen molar-refractivity contribution in [3.63, 3.8) is 0 Å². The molecule has 0 bridgehead atoms. The molecule has 4 heteroatoms. The molecule has 0 amide bonds. The molecule has 1 N–H and O–H groups in total. The van der Waals surface area contributed by atoms with Crippen molar-refractivity contribution in [2.45, 2.75) is 6.42 Å². The lowest BCUT2D eigenvalue weighted by molar-refractivity contribution is 1.07. The van der Waals surface area contributed by atoms with E-state index in [0.29, 0.717) is 13.0 Å². The molecule has 0 aliphatic rings. The van der Waals surface area contributed by atoms with Gasteiger partial charge < -0.3 is 5.32 Å². The fraction of sp³-hybridized carbons (Fsp3) is 0.250. The Bertz CT molecular complexity index is 293. The van der Waals surface area contributed by atoms with Crippen LogP contribution in [0, 0.1) is 11.3 Å². The van der Waals surface area contributed by atoms with Gasteiger partial charge >= 0.3 is 0 Å². The first-order valence-electron chi connectivity index (χ1n) is 3.54. The van der Waals surface area contributed by atoms with Crippen molar-refractivity contribution in [1.29, 1.82) is 5.26 Å². The maximum absolute atomic E-state index is 8.28. The summed E-state index contributed by atoms with van der Waals surface area (Å²) in [6.07, 6.45) is 3.95. The fourth-order valence-electron chi connectivity index (χ4n) is 0.771. The van der Waals surface area contributed by atoms with E-state index in [1.807, 2.05) is 6.07 Å². The molecular formula is C8H8BrN3. The normalized spacial score (nSPS) is 9.00. The van der Waals surface area contributed by atoms with Gasteiger partial charge in [-0.25, -0.2) is 0 Å². The molecule has 12 heavy (non-hydrogen) atoms. The topological polar surface area (TPSA) is 48.7 Å². The molecule has 0 spiro atoms. The van der Waals surface area contributed by atoms with Crippen molar-refractivity contribution in [3.05, 3.63) is 22.9 Å². The zero-order valence-electron chi connectivity index (χ0n) is 6.42. The molecule has 62 valence electrons. The van der Waals surface area contributed by atoms with Crippen LogP contribution in [0.2, 0.25) is 0 Å². The number of hydrogen-bond acceptors (Lipinski definition) is 3. The van der Waals surface area contributed by atoms with Crippen molar-refractivity contribution in [3.8, 4) is 6.07 Å². The fourth-order valence-corrected chi connectivity index (χ4v) is 1.14. The molecule has 0 saturated heterocycles. The van der Waals surface area contributed by atoms with Gasteiger partial charge in [0.15, 0.2) is 0 Å². The molecule has 0 aliphatic carbocycles. The van der Waals surface area contributed by atoms with Crippen molar-refractivity contribution < 1.29 is 0 Å². The Labute approximate surface area is 79.6 Å². The third-order valence-electron chi connectivity index (χ3n) is 1.27. The Balaban J connectivity index is 2.48. The molecule has 3 nitrogen and oxygen atoms in total. The molecule has 1 aromatic heterocycles. The maximum Gasteiger partial charge on any atom is 0.0640 e. The molecule has 0 aliphatic heterocycles. The van der Waals surface area contributed by atoms with E-state index in [0.717, 1.165) is 10.2 Å². The number of pyridine rings is 1. The summed E-state index contributed by atoms with van der Waals surface area (Å²) in [4.78, 5) is 3.97. The quantitative estimate of drug-likeness (QED) is 0.803. The number of nitrogens with one attached hydrogen (secondary N) is 1. The number of nitrogens with zero attached hydrogens (tertiary/aromatic N) is 2. The predicted molar refractivity (Wildman–Crippen MR) is 50.7 cm³/mol. The van der Waals surface area contributed by atoms with Gasteiger partial charge in [0.1, 0.15) is 0 Å². The summed E-state index contributed by atoms with van der Waals surface area (Å²) < 4.78 is 0.935. The largest absolute Gasteiger partial charge is 0.383 e. The predicted octanol–water partition coefficient (Wildman–Crippen LogP) is 2.17. The Morgan fingerprint density at radius 2 is 2.42 bits per heavy atom. The van der Waals surface area contributed by atoms with Crippen LogP contribution in [0.25, 0.3) is 0 Å². The van der Waals surface area contributed by atoms with Gasteiger partial charge in [-0.05, 0) is 22.0 Å². The van der Waals surface area contributed by atoms with Gasteiger partial charge in [0, 0.05) is 17.2 Å². The van der Waals surface area contributed by atoms with E-state index >= 15 is 0 Å². The van der Waals surface area contributed by atoms with Crippen LogP contribution in [0.1, 0.15) is 6.42 Å². The Morgan fingerprint density at radius 3 is 3.08 bits per heavy atom. The van der Waals surface area contributed by atoms with Crippen molar-refractivity contribution in [2.75, 3.05) is 11.9 Å². The molecule has 0 saturated carbocycles. The van der Waals surface area contributed by atoms with Crippen LogP contribution in [0.15, 0.2) is 22.9 Å². The van der Waals surface area contributed by atoms with E-state index in [-0.39, 0.29) is 0 Å². The van der Waals surface area contributed by atoms with Crippen LogP contribution in [0.3, 0.4) is 0 Å². The van der Waals surface area contributed by atoms with E-state index in [4.69, 9.17) is 5.26 Å². The molecule has 0 radical (unpaired) electrons. The first-order valence-corrected chi connectivity index (χ1v) is 4.33. The highest BCUT2D eigenvalue weighted by Gasteiger charge is 1.91. The van der Waals surface area contributed by atoms with E-state index in [1.54, 1.807) is 12.4 Å². The highest BCUT2D eigenvalue weighted by atomic mass is 79.9. The number of aromatic nitrogens is 1. The lowest BCUT2D eigenvalue weighted by Gasteiger charge is -2.02. The van der Waals surface area contributed by atoms with Crippen LogP contribution >= 0.6 is 15.9 Å². The monoisotopic (exact) mass is 225 g/mol. The van der Waals surface area contributed by atoms with Gasteiger partial charge in [0.05, 0.1) is 24.4 Å². The Morgan fingerprint density at radius 1 is 1.58 bits per heavy atom. The second-order valence-corrected chi connectivity index (χ2v) is 3.14. The van der Waals surface area contributed by atoms with Gasteiger partial charge in [-0.3, -0.25) is 4.98 Å². The van der Waals surface area contributed by atoms with E-state index in [1.165, 1.54) is 0 Å². The van der Waals surface area contributed by atoms with E-state index < -0.39 is 0 Å². The molecule has 0 unspecified atom stereocenters. The second kappa shape index (κ2) is 4.73. The Hall–Kier alpha value is -1.08. The highest BCUT2D eigenvalue weighted by molar-refractivity contribution is 9.10. The first-order chi connectivity index (χ1) is 5.83. The van der Waals surface area contributed by atoms with Gasteiger partial charge in [0.25, 0.3) is 0 Å². The summed E-state index contributed by atoms with van der Waals surface area (Å²) >= 11 is 3.30. The summed E-state index contributed by atoms with van der Waals surface area (Å²) in [6.45, 7) is 0.661. The third-order valence-corrected chi connectivity index (χ3v) is 1.70. The van der Waals surface area contributed by atoms with Gasteiger partial charge in [-0.1, -0.05) is 0 Å². The Kier molecular flexibility index (Phi) is 3.55. The summed E-state index contributed by atoms with van der Waals surface area (Å²) in [6, 6.07) is 3.98. The lowest BCUT2D eigenvalue weighted by atomic mass is 10.4. The summed E-state index contributed by atoms with van der Waals surface area (Å²) in [5, 5.41) is 11.4. The van der Waals surface area contributed by atoms with Crippen molar-refractivity contribution >= 4 is 21.6 Å². The summed E-state index contributed by atoms with van der Waals surface area (Å²) in [5.41, 5.74) is 0.930. The molecular weight excluding hydrogens is 218 g/mol. The van der Waals surface area contributed by atoms with Gasteiger partial charge in [-0.15, -0.1) is 0 Å². The highest BCUT2D eigenvalue weighted by Crippen LogP contribution is 2.13. The van der Waals surface area contributed by atoms with E-state index in [2.05, 4.69) is 32.3 Å². The first kappa shape index (κ1) is 9.01. The van der Waals surface area contributed by atoms with Crippen LogP contribution < -0.4 is 5.32 Å². The standard InChI is InChI=1S/C8H8BrN3/c9-7-4-8(6-11-5-7)12-3-1-2-10/h4-6,12H,1,3H2. The molecule has 0 fully saturated rings. The molecule has 1 rings (SSSR count). The molecule has 1 heterocycles. The molecule has 0 atom stereocenters. The van der Waals surface area contributed by atoms with Crippen LogP contribution in [0.4, 0.5) is 5.69 Å². The number of halogens is 1. The second-order valence-electron chi connectivity index (χ2n) is 2.23. The minimum Gasteiger partial charge on any atom is -0.383 e. The SMILES string of the molecule is N#CCCNc1cncc(Br)c1. The smallest absolute Gasteiger partial charge is 0.0640 e. The summed E-state index contributed by atoms with van der Waals surface area (Å²) in [7, 11) is 0. The average molecular weight is 226 g/mol. The molecule has 0 aromatic carbocycles. The lowest BCUT2D eigenvalue weighted by Crippen LogP contribution is -2.00. The van der Waals surface area contributed by atoms with Crippen molar-refractivity contribution in [1.82, 2.24) is 4.98 Å². The van der Waals surface area contributed by atoms with Gasteiger partial charge in [0.2, 0.25) is 0 Å². The van der Waals surface area contributed by atoms with Crippen LogP contribution in [-0.2, 0) is 0 Å². The van der Waals surface area contributed by atoms with Crippen molar-refractivity contribution in [2.24, 2.45) is 0 Å². The number of anilines is 1. The summed E-state index contributed by atoms with van der Waals surface area (Å²) in [5.74, 6) is 0. The number of nitriles is 1. The zero-order chi connectivity index (χ0) is 8.81. The van der Waals surface area contributed by atoms with Crippen LogP contribution in [0.5, 0.6) is 0 Å². The van der Waals surface area contributed by atoms with Gasteiger partial charge in [-0.2, -0.15) is 5.26 Å². The van der Waals surface area contributed by atoms with Crippen LogP contribution in [-0.4, -0.2) is 11.5 Å². The minimum absolute atomic E-state index is 0.506. The number of hydrogen-bond donors (Lipinski definition) is 1. The molecule has 1 aromatic rings. The average Bonchev–Trinajstić information content (AvgIpc) is 2.05. The van der Waals surface area contributed by atoms with E-state index in [9.17, 15) is 0 Å². The number of rotatable bonds is 3. The zero-order valence-corrected chi connectivity index (χ0v) is 8.00. The minimum atomic E-state index is 0.506. The maximum atomic E-state index is 8.28.